The van der Waals surface area contributed by atoms with E-state index in [1.165, 1.54) is 19.9 Å². The summed E-state index contributed by atoms with van der Waals surface area (Å²) in [7, 11) is 0. The molecule has 1 saturated carbocycles. The highest BCUT2D eigenvalue weighted by Gasteiger charge is 2.22. The van der Waals surface area contributed by atoms with E-state index < -0.39 is 23.9 Å². The van der Waals surface area contributed by atoms with Crippen LogP contribution in [0.5, 0.6) is 5.75 Å². The minimum absolute atomic E-state index is 0.0463. The van der Waals surface area contributed by atoms with Crippen molar-refractivity contribution in [2.45, 2.75) is 51.7 Å². The van der Waals surface area contributed by atoms with Crippen LogP contribution in [-0.4, -0.2) is 29.9 Å². The van der Waals surface area contributed by atoms with Crippen LogP contribution < -0.4 is 15.4 Å². The molecule has 0 aromatic heterocycles. The van der Waals surface area contributed by atoms with Crippen LogP contribution in [0.1, 0.15) is 49.9 Å². The number of hydrogen-bond acceptors (Lipinski definition) is 4. The van der Waals surface area contributed by atoms with E-state index in [0.29, 0.717) is 0 Å². The Morgan fingerprint density at radius 3 is 2.54 bits per heavy atom. The molecular weight excluding hydrogens is 315 g/mol. The predicted molar refractivity (Wildman–Crippen MR) is 85.4 cm³/mol. The van der Waals surface area contributed by atoms with Gasteiger partial charge in [-0.05, 0) is 44.9 Å². The molecule has 7 heteroatoms. The highest BCUT2D eigenvalue weighted by Crippen LogP contribution is 2.21. The van der Waals surface area contributed by atoms with E-state index in [1.807, 2.05) is 0 Å². The van der Waals surface area contributed by atoms with Crippen LogP contribution in [0.2, 0.25) is 0 Å². The maximum absolute atomic E-state index is 13.2. The Morgan fingerprint density at radius 1 is 1.25 bits per heavy atom. The largest absolute Gasteiger partial charge is 0.480 e. The van der Waals surface area contributed by atoms with Crippen LogP contribution in [0, 0.1) is 5.82 Å². The normalized spacial score (nSPS) is 15.6. The van der Waals surface area contributed by atoms with Gasteiger partial charge in [0.2, 0.25) is 0 Å². The minimum Gasteiger partial charge on any atom is -0.480 e. The lowest BCUT2D eigenvalue weighted by Crippen LogP contribution is -2.47. The average Bonchev–Trinajstić information content (AvgIpc) is 3.01. The van der Waals surface area contributed by atoms with Gasteiger partial charge in [0.1, 0.15) is 11.6 Å². The molecule has 1 aromatic rings. The molecule has 2 N–H and O–H groups in total. The van der Waals surface area contributed by atoms with E-state index in [-0.39, 0.29) is 23.1 Å². The summed E-state index contributed by atoms with van der Waals surface area (Å²) in [5.41, 5.74) is 0.0463. The molecule has 0 saturated heterocycles. The average molecular weight is 336 g/mol. The smallest absolute Gasteiger partial charge is 0.321 e. The van der Waals surface area contributed by atoms with Gasteiger partial charge in [0.15, 0.2) is 11.9 Å². The highest BCUT2D eigenvalue weighted by atomic mass is 19.1. The fraction of sp³-hybridized carbons (Fsp3) is 0.471. The Morgan fingerprint density at radius 2 is 1.92 bits per heavy atom. The first-order chi connectivity index (χ1) is 11.4. The van der Waals surface area contributed by atoms with Crippen molar-refractivity contribution in [3.8, 4) is 5.75 Å². The lowest BCUT2D eigenvalue weighted by molar-refractivity contribution is -0.126. The van der Waals surface area contributed by atoms with Gasteiger partial charge < -0.3 is 10.1 Å². The maximum Gasteiger partial charge on any atom is 0.321 e. The van der Waals surface area contributed by atoms with Crippen molar-refractivity contribution in [1.82, 2.24) is 10.6 Å². The molecule has 0 aliphatic heterocycles. The number of amides is 3. The molecule has 0 radical (unpaired) electrons. The van der Waals surface area contributed by atoms with Gasteiger partial charge in [0.25, 0.3) is 5.91 Å². The number of rotatable bonds is 5. The van der Waals surface area contributed by atoms with Crippen molar-refractivity contribution in [1.29, 1.82) is 0 Å². The monoisotopic (exact) mass is 336 g/mol. The molecule has 0 spiro atoms. The maximum atomic E-state index is 13.2. The Bertz CT molecular complexity index is 641. The molecular formula is C17H21FN2O4. The molecule has 1 fully saturated rings. The second kappa shape index (κ2) is 7.90. The molecule has 2 rings (SSSR count). The summed E-state index contributed by atoms with van der Waals surface area (Å²) in [5, 5.41) is 4.95. The van der Waals surface area contributed by atoms with Gasteiger partial charge in [-0.1, -0.05) is 12.8 Å². The van der Waals surface area contributed by atoms with Gasteiger partial charge >= 0.3 is 6.03 Å². The molecule has 1 aliphatic rings. The zero-order valence-corrected chi connectivity index (χ0v) is 13.7. The first kappa shape index (κ1) is 17.9. The van der Waals surface area contributed by atoms with Gasteiger partial charge in [0, 0.05) is 6.04 Å². The lowest BCUT2D eigenvalue weighted by Gasteiger charge is -2.17. The van der Waals surface area contributed by atoms with Crippen LogP contribution >= 0.6 is 0 Å². The minimum atomic E-state index is -1.01. The Labute approximate surface area is 139 Å². The van der Waals surface area contributed by atoms with E-state index in [9.17, 15) is 18.8 Å². The molecule has 1 aliphatic carbocycles. The number of carbonyl (C=O) groups is 3. The van der Waals surface area contributed by atoms with Crippen molar-refractivity contribution >= 4 is 17.7 Å². The van der Waals surface area contributed by atoms with Crippen molar-refractivity contribution in [3.05, 3.63) is 29.6 Å². The van der Waals surface area contributed by atoms with Gasteiger partial charge in [-0.2, -0.15) is 0 Å². The summed E-state index contributed by atoms with van der Waals surface area (Å²) in [4.78, 5) is 35.3. The second-order valence-corrected chi connectivity index (χ2v) is 5.90. The third kappa shape index (κ3) is 4.78. The van der Waals surface area contributed by atoms with Gasteiger partial charge in [0.05, 0.1) is 5.56 Å². The third-order valence-electron chi connectivity index (χ3n) is 3.92. The molecule has 0 heterocycles. The first-order valence-corrected chi connectivity index (χ1v) is 7.95. The number of ketones is 1. The summed E-state index contributed by atoms with van der Waals surface area (Å²) in [5.74, 6) is -1.48. The molecule has 6 nitrogen and oxygen atoms in total. The van der Waals surface area contributed by atoms with Crippen LogP contribution in [0.3, 0.4) is 0 Å². The summed E-state index contributed by atoms with van der Waals surface area (Å²) in [6.45, 7) is 2.73. The van der Waals surface area contributed by atoms with E-state index in [0.717, 1.165) is 37.8 Å². The molecule has 24 heavy (non-hydrogen) atoms. The number of nitrogens with one attached hydrogen (secondary N) is 2. The summed E-state index contributed by atoms with van der Waals surface area (Å²) in [6, 6.07) is 3.01. The second-order valence-electron chi connectivity index (χ2n) is 5.90. The van der Waals surface area contributed by atoms with Crippen LogP contribution in [0.15, 0.2) is 18.2 Å². The topological polar surface area (TPSA) is 84.5 Å². The lowest BCUT2D eigenvalue weighted by atomic mass is 10.1. The van der Waals surface area contributed by atoms with Crippen molar-refractivity contribution in [3.63, 3.8) is 0 Å². The van der Waals surface area contributed by atoms with Crippen LogP contribution in [0.4, 0.5) is 9.18 Å². The van der Waals surface area contributed by atoms with Gasteiger partial charge in [-0.3, -0.25) is 14.9 Å². The number of carbonyl (C=O) groups excluding carboxylic acids is 3. The van der Waals surface area contributed by atoms with Crippen LogP contribution in [0.25, 0.3) is 0 Å². The van der Waals surface area contributed by atoms with Crippen molar-refractivity contribution in [2.24, 2.45) is 0 Å². The SMILES string of the molecule is CC(=O)c1cc(F)ccc1O[C@@H](C)C(=O)NC(=O)NC1CCCC1. The number of Topliss-reactive ketones (excluding diaryl/α,β-unsaturated/α-hetero) is 1. The number of imide groups is 1. The number of benzene rings is 1. The summed E-state index contributed by atoms with van der Waals surface area (Å²) >= 11 is 0. The molecule has 0 bridgehead atoms. The molecule has 1 aromatic carbocycles. The predicted octanol–water partition coefficient (Wildman–Crippen LogP) is 2.56. The molecule has 130 valence electrons. The van der Waals surface area contributed by atoms with Crippen molar-refractivity contribution in [2.75, 3.05) is 0 Å². The fourth-order valence-electron chi connectivity index (χ4n) is 2.63. The number of hydrogen-bond donors (Lipinski definition) is 2. The Hall–Kier alpha value is -2.44. The molecule has 1 atom stereocenters. The Balaban J connectivity index is 1.93. The first-order valence-electron chi connectivity index (χ1n) is 7.95. The zero-order chi connectivity index (χ0) is 17.7. The third-order valence-corrected chi connectivity index (χ3v) is 3.92. The number of urea groups is 1. The van der Waals surface area contributed by atoms with Gasteiger partial charge in [-0.25, -0.2) is 9.18 Å². The molecule has 0 unspecified atom stereocenters. The van der Waals surface area contributed by atoms with Crippen LogP contribution in [-0.2, 0) is 4.79 Å². The van der Waals surface area contributed by atoms with E-state index >= 15 is 0 Å². The summed E-state index contributed by atoms with van der Waals surface area (Å²) in [6.07, 6.45) is 2.94. The fourth-order valence-corrected chi connectivity index (χ4v) is 2.63. The zero-order valence-electron chi connectivity index (χ0n) is 13.7. The van der Waals surface area contributed by atoms with E-state index in [4.69, 9.17) is 4.74 Å². The van der Waals surface area contributed by atoms with Gasteiger partial charge in [-0.15, -0.1) is 0 Å². The van der Waals surface area contributed by atoms with E-state index in [1.54, 1.807) is 0 Å². The number of ether oxygens (including phenoxy) is 1. The standard InChI is InChI=1S/C17H21FN2O4/c1-10(21)14-9-12(18)7-8-15(14)24-11(2)16(22)20-17(23)19-13-5-3-4-6-13/h7-9,11,13H,3-6H2,1-2H3,(H2,19,20,22,23)/t11-/m0/s1. The summed E-state index contributed by atoms with van der Waals surface area (Å²) < 4.78 is 18.6. The quantitative estimate of drug-likeness (QED) is 0.809. The van der Waals surface area contributed by atoms with E-state index in [2.05, 4.69) is 10.6 Å². The highest BCUT2D eigenvalue weighted by molar-refractivity contribution is 5.98. The van der Waals surface area contributed by atoms with Crippen molar-refractivity contribution < 1.29 is 23.5 Å². The number of halogens is 1. The Kier molecular flexibility index (Phi) is 5.89. The molecule has 3 amide bonds.